The molecule has 0 saturated heterocycles. The third-order valence-corrected chi connectivity index (χ3v) is 3.57. The number of ether oxygens (including phenoxy) is 1. The molecule has 0 aromatic heterocycles. The van der Waals surface area contributed by atoms with E-state index in [-0.39, 0.29) is 0 Å². The molecule has 0 radical (unpaired) electrons. The van der Waals surface area contributed by atoms with Crippen molar-refractivity contribution in [1.29, 1.82) is 0 Å². The highest BCUT2D eigenvalue weighted by Gasteiger charge is 2.22. The molecule has 1 aromatic carbocycles. The van der Waals surface area contributed by atoms with Gasteiger partial charge in [-0.2, -0.15) is 0 Å². The Morgan fingerprint density at radius 3 is 2.89 bits per heavy atom. The minimum atomic E-state index is 0.312. The first-order chi connectivity index (χ1) is 9.19. The SMILES string of the molecule is CCOc1c(Cl)cc2c(c1/C(N)=N/NN)CCCC2. The van der Waals surface area contributed by atoms with E-state index in [4.69, 9.17) is 27.9 Å². The second kappa shape index (κ2) is 6.12. The van der Waals surface area contributed by atoms with Crippen molar-refractivity contribution in [3.05, 3.63) is 27.8 Å². The molecule has 0 heterocycles. The lowest BCUT2D eigenvalue weighted by Crippen LogP contribution is -2.26. The number of hydrogen-bond acceptors (Lipinski definition) is 4. The molecule has 2 rings (SSSR count). The van der Waals surface area contributed by atoms with Crippen molar-refractivity contribution in [3.8, 4) is 5.75 Å². The van der Waals surface area contributed by atoms with Gasteiger partial charge in [0.05, 0.1) is 17.2 Å². The molecule has 1 aromatic rings. The number of hydrazine groups is 1. The zero-order valence-electron chi connectivity index (χ0n) is 11.0. The Bertz CT molecular complexity index is 502. The molecule has 0 spiro atoms. The average Bonchev–Trinajstić information content (AvgIpc) is 2.40. The van der Waals surface area contributed by atoms with Crippen LogP contribution in [0.2, 0.25) is 5.02 Å². The van der Waals surface area contributed by atoms with Crippen LogP contribution in [0, 0.1) is 0 Å². The molecule has 19 heavy (non-hydrogen) atoms. The van der Waals surface area contributed by atoms with Crippen molar-refractivity contribution >= 4 is 17.4 Å². The number of nitrogens with one attached hydrogen (secondary N) is 1. The topological polar surface area (TPSA) is 85.7 Å². The molecular weight excluding hydrogens is 264 g/mol. The Hall–Kier alpha value is -1.46. The molecule has 0 atom stereocenters. The lowest BCUT2D eigenvalue weighted by atomic mass is 9.87. The quantitative estimate of drug-likeness (QED) is 0.340. The van der Waals surface area contributed by atoms with Crippen molar-refractivity contribution in [3.63, 3.8) is 0 Å². The summed E-state index contributed by atoms with van der Waals surface area (Å²) in [7, 11) is 0. The summed E-state index contributed by atoms with van der Waals surface area (Å²) in [5, 5.41) is 4.45. The van der Waals surface area contributed by atoms with E-state index >= 15 is 0 Å². The number of halogens is 1. The minimum Gasteiger partial charge on any atom is -0.492 e. The predicted molar refractivity (Wildman–Crippen MR) is 77.3 cm³/mol. The van der Waals surface area contributed by atoms with Crippen molar-refractivity contribution in [1.82, 2.24) is 5.53 Å². The largest absolute Gasteiger partial charge is 0.492 e. The van der Waals surface area contributed by atoms with Gasteiger partial charge in [0, 0.05) is 0 Å². The Kier molecular flexibility index (Phi) is 4.50. The van der Waals surface area contributed by atoms with E-state index in [2.05, 4.69) is 10.6 Å². The van der Waals surface area contributed by atoms with Gasteiger partial charge in [-0.05, 0) is 49.8 Å². The van der Waals surface area contributed by atoms with Crippen molar-refractivity contribution in [2.24, 2.45) is 16.7 Å². The number of amidine groups is 1. The summed E-state index contributed by atoms with van der Waals surface area (Å²) in [6, 6.07) is 1.98. The van der Waals surface area contributed by atoms with Gasteiger partial charge in [-0.3, -0.25) is 0 Å². The molecule has 0 aliphatic heterocycles. The second-order valence-electron chi connectivity index (χ2n) is 4.47. The number of hydrogen-bond donors (Lipinski definition) is 3. The first-order valence-electron chi connectivity index (χ1n) is 6.45. The molecule has 0 saturated carbocycles. The van der Waals surface area contributed by atoms with E-state index in [1.54, 1.807) is 0 Å². The maximum Gasteiger partial charge on any atom is 0.156 e. The molecule has 5 N–H and O–H groups in total. The second-order valence-corrected chi connectivity index (χ2v) is 4.87. The van der Waals surface area contributed by atoms with Gasteiger partial charge in [-0.25, -0.2) is 11.4 Å². The van der Waals surface area contributed by atoms with E-state index in [1.165, 1.54) is 17.5 Å². The highest BCUT2D eigenvalue weighted by molar-refractivity contribution is 6.33. The Morgan fingerprint density at radius 2 is 2.21 bits per heavy atom. The third-order valence-electron chi connectivity index (χ3n) is 3.29. The molecule has 1 aliphatic carbocycles. The number of aryl methyl sites for hydroxylation is 1. The van der Waals surface area contributed by atoms with Crippen LogP contribution in [-0.4, -0.2) is 12.4 Å². The van der Waals surface area contributed by atoms with Gasteiger partial charge in [0.25, 0.3) is 0 Å². The van der Waals surface area contributed by atoms with Crippen LogP contribution >= 0.6 is 11.6 Å². The van der Waals surface area contributed by atoms with Gasteiger partial charge in [-0.1, -0.05) is 11.6 Å². The zero-order valence-corrected chi connectivity index (χ0v) is 11.8. The van der Waals surface area contributed by atoms with Crippen molar-refractivity contribution in [2.45, 2.75) is 32.6 Å². The van der Waals surface area contributed by atoms with Crippen LogP contribution in [0.25, 0.3) is 0 Å². The van der Waals surface area contributed by atoms with Crippen molar-refractivity contribution in [2.75, 3.05) is 6.61 Å². The van der Waals surface area contributed by atoms with Crippen molar-refractivity contribution < 1.29 is 4.74 Å². The molecule has 0 bridgehead atoms. The molecule has 0 fully saturated rings. The van der Waals surface area contributed by atoms with Gasteiger partial charge in [0.2, 0.25) is 0 Å². The fourth-order valence-electron chi connectivity index (χ4n) is 2.53. The van der Waals surface area contributed by atoms with Crippen LogP contribution < -0.4 is 21.8 Å². The lowest BCUT2D eigenvalue weighted by molar-refractivity contribution is 0.339. The van der Waals surface area contributed by atoms with E-state index in [1.807, 2.05) is 13.0 Å². The summed E-state index contributed by atoms with van der Waals surface area (Å²) in [5.41, 5.74) is 11.4. The highest BCUT2D eigenvalue weighted by Crippen LogP contribution is 2.37. The molecule has 104 valence electrons. The summed E-state index contributed by atoms with van der Waals surface area (Å²) < 4.78 is 5.64. The normalized spacial score (nSPS) is 15.0. The molecule has 5 nitrogen and oxygen atoms in total. The number of hydrazone groups is 1. The molecular formula is C13H19ClN4O. The number of fused-ring (bicyclic) bond motifs is 1. The van der Waals surface area contributed by atoms with Gasteiger partial charge in [-0.15, -0.1) is 5.10 Å². The van der Waals surface area contributed by atoms with E-state index in [0.29, 0.717) is 23.2 Å². The predicted octanol–water partition coefficient (Wildman–Crippen LogP) is 1.70. The molecule has 1 aliphatic rings. The highest BCUT2D eigenvalue weighted by atomic mass is 35.5. The smallest absolute Gasteiger partial charge is 0.156 e. The van der Waals surface area contributed by atoms with Crippen LogP contribution in [0.3, 0.4) is 0 Å². The molecule has 0 unspecified atom stereocenters. The first kappa shape index (κ1) is 14.0. The van der Waals surface area contributed by atoms with Crippen LogP contribution in [0.4, 0.5) is 0 Å². The Labute approximate surface area is 117 Å². The number of benzene rings is 1. The Morgan fingerprint density at radius 1 is 1.47 bits per heavy atom. The standard InChI is InChI=1S/C13H19ClN4O/c1-2-19-12-10(14)7-8-5-3-4-6-9(8)11(12)13(15)17-18-16/h7,18H,2-6,16H2,1H3,(H2,15,17). The van der Waals surface area contributed by atoms with Crippen LogP contribution in [-0.2, 0) is 12.8 Å². The number of rotatable bonds is 4. The van der Waals surface area contributed by atoms with Gasteiger partial charge < -0.3 is 10.5 Å². The number of nitrogens with two attached hydrogens (primary N) is 2. The van der Waals surface area contributed by atoms with Gasteiger partial charge in [0.1, 0.15) is 5.75 Å². The lowest BCUT2D eigenvalue weighted by Gasteiger charge is -2.22. The fraction of sp³-hybridized carbons (Fsp3) is 0.462. The summed E-state index contributed by atoms with van der Waals surface area (Å²) in [4.78, 5) is 0. The maximum atomic E-state index is 6.30. The zero-order chi connectivity index (χ0) is 13.8. The van der Waals surface area contributed by atoms with E-state index < -0.39 is 0 Å². The number of nitrogens with zero attached hydrogens (tertiary/aromatic N) is 1. The fourth-order valence-corrected chi connectivity index (χ4v) is 2.81. The van der Waals surface area contributed by atoms with Gasteiger partial charge in [0.15, 0.2) is 5.84 Å². The molecule has 0 amide bonds. The average molecular weight is 283 g/mol. The maximum absolute atomic E-state index is 6.30. The molecule has 6 heteroatoms. The first-order valence-corrected chi connectivity index (χ1v) is 6.83. The van der Waals surface area contributed by atoms with Crippen LogP contribution in [0.15, 0.2) is 11.2 Å². The summed E-state index contributed by atoms with van der Waals surface area (Å²) in [5.74, 6) is 6.12. The van der Waals surface area contributed by atoms with E-state index in [0.717, 1.165) is 24.8 Å². The minimum absolute atomic E-state index is 0.312. The summed E-state index contributed by atoms with van der Waals surface area (Å²) in [6.45, 7) is 2.43. The van der Waals surface area contributed by atoms with E-state index in [9.17, 15) is 0 Å². The monoisotopic (exact) mass is 282 g/mol. The summed E-state index contributed by atoms with van der Waals surface area (Å²) in [6.07, 6.45) is 4.28. The summed E-state index contributed by atoms with van der Waals surface area (Å²) >= 11 is 6.30. The third kappa shape index (κ3) is 2.77. The Balaban J connectivity index is 2.63. The van der Waals surface area contributed by atoms with Crippen LogP contribution in [0.5, 0.6) is 5.75 Å². The van der Waals surface area contributed by atoms with Gasteiger partial charge >= 0.3 is 0 Å². The van der Waals surface area contributed by atoms with Crippen LogP contribution in [0.1, 0.15) is 36.5 Å².